The van der Waals surface area contributed by atoms with Crippen LogP contribution < -0.4 is 14.3 Å². The predicted octanol–water partition coefficient (Wildman–Crippen LogP) is 2.25. The molecule has 30 heavy (non-hydrogen) atoms. The zero-order chi connectivity index (χ0) is 21.5. The highest BCUT2D eigenvalue weighted by Gasteiger charge is 2.34. The molecule has 164 valence electrons. The van der Waals surface area contributed by atoms with E-state index in [-0.39, 0.29) is 6.04 Å². The summed E-state index contributed by atoms with van der Waals surface area (Å²) in [4.78, 5) is 17.2. The van der Waals surface area contributed by atoms with Crippen LogP contribution in [-0.4, -0.2) is 55.3 Å². The number of likely N-dealkylation sites (tertiary alicyclic amines) is 1. The van der Waals surface area contributed by atoms with E-state index in [0.29, 0.717) is 18.5 Å². The maximum Gasteiger partial charge on any atom is 0.334 e. The first-order valence-electron chi connectivity index (χ1n) is 10.2. The summed E-state index contributed by atoms with van der Waals surface area (Å²) < 4.78 is 31.7. The number of piperidine rings is 1. The van der Waals surface area contributed by atoms with Crippen molar-refractivity contribution in [3.8, 4) is 0 Å². The van der Waals surface area contributed by atoms with E-state index in [1.807, 2.05) is 14.0 Å². The highest BCUT2D eigenvalue weighted by atomic mass is 32.2. The van der Waals surface area contributed by atoms with Crippen LogP contribution in [0.2, 0.25) is 0 Å². The lowest BCUT2D eigenvalue weighted by Crippen LogP contribution is -2.52. The van der Waals surface area contributed by atoms with Gasteiger partial charge in [0.2, 0.25) is 0 Å². The summed E-state index contributed by atoms with van der Waals surface area (Å²) in [5.41, 5.74) is 2.36. The van der Waals surface area contributed by atoms with Crippen molar-refractivity contribution in [2.45, 2.75) is 45.1 Å². The minimum atomic E-state index is -4.11. The largest absolute Gasteiger partial charge is 0.334 e. The molecular weight excluding hydrogens is 424 g/mol. The molecular formula is C19H28N6O3S2. The number of carbonyl (C=O) groups excluding carboxylic acids is 1. The van der Waals surface area contributed by atoms with Crippen molar-refractivity contribution in [3.05, 3.63) is 27.7 Å². The van der Waals surface area contributed by atoms with Crippen molar-refractivity contribution >= 4 is 39.0 Å². The van der Waals surface area contributed by atoms with Crippen LogP contribution in [0, 0.1) is 6.92 Å². The first-order chi connectivity index (χ1) is 14.2. The number of urea groups is 1. The van der Waals surface area contributed by atoms with E-state index < -0.39 is 16.2 Å². The Balaban J connectivity index is 1.55. The number of amides is 2. The summed E-state index contributed by atoms with van der Waals surface area (Å²) in [6.45, 7) is 3.54. The first-order valence-corrected chi connectivity index (χ1v) is 12.4. The summed E-state index contributed by atoms with van der Waals surface area (Å²) in [5.74, 6) is 0. The zero-order valence-corrected chi connectivity index (χ0v) is 19.1. The molecule has 0 spiro atoms. The summed E-state index contributed by atoms with van der Waals surface area (Å²) in [7, 11) is -0.346. The number of aromatic nitrogens is 2. The Morgan fingerprint density at radius 3 is 2.67 bits per heavy atom. The van der Waals surface area contributed by atoms with Gasteiger partial charge in [0.05, 0.1) is 17.6 Å². The minimum absolute atomic E-state index is 0.233. The fourth-order valence-corrected chi connectivity index (χ4v) is 6.89. The van der Waals surface area contributed by atoms with E-state index in [2.05, 4.69) is 20.0 Å². The maximum atomic E-state index is 13.3. The minimum Gasteiger partial charge on any atom is -0.306 e. The topological polar surface area (TPSA) is 99.6 Å². The van der Waals surface area contributed by atoms with Gasteiger partial charge in [-0.05, 0) is 64.7 Å². The number of carbonyl (C=O) groups is 1. The Bertz CT molecular complexity index is 1040. The highest BCUT2D eigenvalue weighted by molar-refractivity contribution is 7.91. The zero-order valence-electron chi connectivity index (χ0n) is 17.5. The Morgan fingerprint density at radius 2 is 2.00 bits per heavy atom. The van der Waals surface area contributed by atoms with Crippen molar-refractivity contribution in [1.82, 2.24) is 19.4 Å². The lowest BCUT2D eigenvalue weighted by molar-refractivity contribution is 0.254. The van der Waals surface area contributed by atoms with E-state index in [1.165, 1.54) is 15.4 Å². The van der Waals surface area contributed by atoms with Gasteiger partial charge in [0.25, 0.3) is 0 Å². The van der Waals surface area contributed by atoms with Gasteiger partial charge >= 0.3 is 16.2 Å². The number of nitrogens with zero attached hydrogens (tertiary/aromatic N) is 4. The second-order valence-electron chi connectivity index (χ2n) is 8.05. The van der Waals surface area contributed by atoms with Crippen LogP contribution in [0.15, 0.2) is 12.4 Å². The van der Waals surface area contributed by atoms with E-state index in [9.17, 15) is 13.2 Å². The van der Waals surface area contributed by atoms with Gasteiger partial charge in [0.15, 0.2) is 0 Å². The van der Waals surface area contributed by atoms with E-state index in [4.69, 9.17) is 0 Å². The number of hydrogen-bond donors (Lipinski definition) is 2. The Hall–Kier alpha value is -2.11. The Kier molecular flexibility index (Phi) is 5.78. The second kappa shape index (κ2) is 8.20. The molecule has 0 aromatic carbocycles. The van der Waals surface area contributed by atoms with Crippen molar-refractivity contribution < 1.29 is 13.2 Å². The number of thiophene rings is 1. The smallest absolute Gasteiger partial charge is 0.306 e. The fourth-order valence-electron chi connectivity index (χ4n) is 4.31. The van der Waals surface area contributed by atoms with Crippen molar-refractivity contribution in [2.75, 3.05) is 29.8 Å². The number of hydrogen-bond acceptors (Lipinski definition) is 6. The summed E-state index contributed by atoms with van der Waals surface area (Å²) in [5, 5.41) is 6.92. The molecule has 1 aliphatic heterocycles. The molecule has 0 atom stereocenters. The van der Waals surface area contributed by atoms with Gasteiger partial charge in [0, 0.05) is 29.0 Å². The van der Waals surface area contributed by atoms with E-state index in [0.717, 1.165) is 48.5 Å². The lowest BCUT2D eigenvalue weighted by Gasteiger charge is -2.36. The molecule has 2 aromatic heterocycles. The van der Waals surface area contributed by atoms with Gasteiger partial charge in [-0.2, -0.15) is 13.5 Å². The quantitative estimate of drug-likeness (QED) is 0.725. The van der Waals surface area contributed by atoms with Gasteiger partial charge in [-0.1, -0.05) is 0 Å². The second-order valence-corrected chi connectivity index (χ2v) is 10.9. The number of rotatable bonds is 5. The van der Waals surface area contributed by atoms with Gasteiger partial charge in [0.1, 0.15) is 0 Å². The molecule has 1 fully saturated rings. The van der Waals surface area contributed by atoms with E-state index >= 15 is 0 Å². The van der Waals surface area contributed by atoms with Crippen LogP contribution in [0.3, 0.4) is 0 Å². The van der Waals surface area contributed by atoms with Crippen LogP contribution in [0.1, 0.15) is 34.6 Å². The third kappa shape index (κ3) is 4.19. The predicted molar refractivity (Wildman–Crippen MR) is 118 cm³/mol. The van der Waals surface area contributed by atoms with Crippen LogP contribution in [0.5, 0.6) is 0 Å². The van der Waals surface area contributed by atoms with Crippen LogP contribution in [0.25, 0.3) is 0 Å². The van der Waals surface area contributed by atoms with Crippen LogP contribution >= 0.6 is 11.3 Å². The molecule has 3 heterocycles. The van der Waals surface area contributed by atoms with Gasteiger partial charge in [-0.3, -0.25) is 4.68 Å². The van der Waals surface area contributed by atoms with E-state index in [1.54, 1.807) is 29.3 Å². The molecule has 0 unspecified atom stereocenters. The van der Waals surface area contributed by atoms with Crippen LogP contribution in [-0.2, 0) is 30.1 Å². The Morgan fingerprint density at radius 1 is 1.27 bits per heavy atom. The third-order valence-electron chi connectivity index (χ3n) is 5.78. The molecule has 0 bridgehead atoms. The molecule has 2 amide bonds. The third-order valence-corrected chi connectivity index (χ3v) is 8.46. The van der Waals surface area contributed by atoms with Gasteiger partial charge < -0.3 is 10.2 Å². The molecule has 9 nitrogen and oxygen atoms in total. The fraction of sp³-hybridized carbons (Fsp3) is 0.579. The molecule has 1 aliphatic carbocycles. The Labute approximate surface area is 181 Å². The standard InChI is InChI=1S/C19H28N6O3S2/c1-13-18(16-5-4-6-17(16)29-13)21-19(26)22-30(27,28)25(15-11-20-24(3)12-15)14-7-9-23(2)10-8-14/h11-12,14H,4-10H2,1-3H3,(H2,21,22,26). The lowest BCUT2D eigenvalue weighted by atomic mass is 10.1. The molecule has 2 aromatic rings. The van der Waals surface area contributed by atoms with Gasteiger partial charge in [-0.15, -0.1) is 11.3 Å². The molecule has 11 heteroatoms. The molecule has 1 saturated heterocycles. The van der Waals surface area contributed by atoms with Crippen molar-refractivity contribution in [2.24, 2.45) is 7.05 Å². The number of fused-ring (bicyclic) bond motifs is 1. The summed E-state index contributed by atoms with van der Waals surface area (Å²) in [6, 6.07) is -0.963. The summed E-state index contributed by atoms with van der Waals surface area (Å²) in [6.07, 6.45) is 7.56. The van der Waals surface area contributed by atoms with Crippen molar-refractivity contribution in [3.63, 3.8) is 0 Å². The molecule has 2 aliphatic rings. The molecule has 2 N–H and O–H groups in total. The monoisotopic (exact) mass is 452 g/mol. The molecule has 0 radical (unpaired) electrons. The van der Waals surface area contributed by atoms with Gasteiger partial charge in [-0.25, -0.2) is 13.8 Å². The molecule has 0 saturated carbocycles. The molecule has 4 rings (SSSR count). The summed E-state index contributed by atoms with van der Waals surface area (Å²) >= 11 is 1.67. The van der Waals surface area contributed by atoms with Crippen molar-refractivity contribution in [1.29, 1.82) is 0 Å². The number of anilines is 2. The normalized spacial score (nSPS) is 17.7. The average molecular weight is 453 g/mol. The SMILES string of the molecule is Cc1sc2c(c1NC(=O)NS(=O)(=O)N(c1cnn(C)c1)C1CCN(C)CC1)CCC2. The highest BCUT2D eigenvalue weighted by Crippen LogP contribution is 2.38. The number of nitrogens with one attached hydrogen (secondary N) is 2. The first kappa shape index (κ1) is 21.1. The van der Waals surface area contributed by atoms with Crippen LogP contribution in [0.4, 0.5) is 16.2 Å². The average Bonchev–Trinajstić information content (AvgIpc) is 3.35. The number of aryl methyl sites for hydroxylation is 3. The maximum absolute atomic E-state index is 13.3.